The number of β-lactam (4-membered cyclic amide) rings is 1. The maximum Gasteiger partial charge on any atom is 0.352 e. The third-order valence-electron chi connectivity index (χ3n) is 4.64. The molecule has 4 N–H and O–H groups in total. The highest BCUT2D eigenvalue weighted by Gasteiger charge is 2.54. The maximum atomic E-state index is 12.9. The first kappa shape index (κ1) is 23.9. The number of aliphatic carboxylic acids is 1. The van der Waals surface area contributed by atoms with E-state index in [0.29, 0.717) is 21.4 Å². The highest BCUT2D eigenvalue weighted by molar-refractivity contribution is 8.01. The minimum Gasteiger partial charge on any atom is -0.477 e. The summed E-state index contributed by atoms with van der Waals surface area (Å²) in [5, 5.41) is 23.3. The van der Waals surface area contributed by atoms with Crippen molar-refractivity contribution < 1.29 is 24.3 Å². The van der Waals surface area contributed by atoms with Gasteiger partial charge in [-0.05, 0) is 18.6 Å². The van der Waals surface area contributed by atoms with Gasteiger partial charge in [-0.3, -0.25) is 14.5 Å². The predicted octanol–water partition coefficient (Wildman–Crippen LogP) is 0.182. The van der Waals surface area contributed by atoms with Crippen molar-refractivity contribution in [2.24, 2.45) is 5.16 Å². The molecule has 2 aliphatic rings. The van der Waals surface area contributed by atoms with E-state index in [1.807, 2.05) is 0 Å². The third kappa shape index (κ3) is 4.83. The quantitative estimate of drug-likeness (QED) is 0.176. The monoisotopic (exact) mass is 522 g/mol. The van der Waals surface area contributed by atoms with Crippen LogP contribution in [0.4, 0.5) is 5.82 Å². The van der Waals surface area contributed by atoms with Crippen LogP contribution < -0.4 is 11.1 Å². The van der Waals surface area contributed by atoms with E-state index < -0.39 is 29.2 Å². The van der Waals surface area contributed by atoms with E-state index >= 15 is 0 Å². The number of fused-ring (bicyclic) bond motifs is 1. The lowest BCUT2D eigenvalue weighted by Crippen LogP contribution is -2.71. The molecule has 34 heavy (non-hydrogen) atoms. The smallest absolute Gasteiger partial charge is 0.352 e. The Labute approximate surface area is 205 Å². The third-order valence-corrected chi connectivity index (χ3v) is 7.92. The van der Waals surface area contributed by atoms with Crippen LogP contribution in [0.5, 0.6) is 0 Å². The highest BCUT2D eigenvalue weighted by Crippen LogP contribution is 2.41. The molecule has 0 saturated carbocycles. The maximum absolute atomic E-state index is 12.9. The van der Waals surface area contributed by atoms with Gasteiger partial charge in [0.05, 0.1) is 0 Å². The fourth-order valence-corrected chi connectivity index (χ4v) is 6.15. The number of carboxylic acid groups (broad SMARTS) is 1. The minimum absolute atomic E-state index is 0.0621. The van der Waals surface area contributed by atoms with Gasteiger partial charge in [0.25, 0.3) is 11.8 Å². The van der Waals surface area contributed by atoms with E-state index in [0.717, 1.165) is 0 Å². The number of hydrogen-bond donors (Lipinski definition) is 3. The second-order valence-electron chi connectivity index (χ2n) is 6.77. The Morgan fingerprint density at radius 1 is 1.47 bits per heavy atom. The topological polar surface area (TPSA) is 186 Å². The summed E-state index contributed by atoms with van der Waals surface area (Å²) in [7, 11) is 0. The number of carbonyl (C=O) groups excluding carboxylic acids is 2. The molecular formula is C18H18N8O5S3. The first-order valence-corrected chi connectivity index (χ1v) is 12.7. The number of rotatable bonds is 9. The molecule has 1 unspecified atom stereocenters. The van der Waals surface area contributed by atoms with Crippen molar-refractivity contribution in [3.05, 3.63) is 34.9 Å². The number of aromatic nitrogens is 4. The van der Waals surface area contributed by atoms with Crippen molar-refractivity contribution in [1.82, 2.24) is 30.4 Å². The first-order chi connectivity index (χ1) is 16.4. The fourth-order valence-electron chi connectivity index (χ4n) is 3.18. The Hall–Kier alpha value is -3.24. The van der Waals surface area contributed by atoms with Crippen LogP contribution in [0.25, 0.3) is 0 Å². The van der Waals surface area contributed by atoms with Crippen molar-refractivity contribution in [2.75, 3.05) is 23.8 Å². The molecule has 16 heteroatoms. The van der Waals surface area contributed by atoms with E-state index in [4.69, 9.17) is 10.6 Å². The van der Waals surface area contributed by atoms with Crippen LogP contribution in [0, 0.1) is 0 Å². The van der Waals surface area contributed by atoms with Gasteiger partial charge in [0.2, 0.25) is 5.71 Å². The summed E-state index contributed by atoms with van der Waals surface area (Å²) in [5.74, 6) is -1.68. The van der Waals surface area contributed by atoms with Gasteiger partial charge in [0.15, 0.2) is 10.2 Å². The summed E-state index contributed by atoms with van der Waals surface area (Å²) in [6.07, 6.45) is 1.37. The van der Waals surface area contributed by atoms with Crippen molar-refractivity contribution >= 4 is 64.2 Å². The van der Waals surface area contributed by atoms with E-state index in [1.54, 1.807) is 12.4 Å². The number of hydrogen-bond acceptors (Lipinski definition) is 13. The standard InChI is InChI=1S/C18H18N8O5S3/c1-2-31-25-10(13-20-4-3-9(19)22-13)14(27)23-11-15(28)26-12(17(29)30)8(5-32-16(11)26)6-33-18-24-21-7-34-18/h3-4,7,11,16H,2,5-6H2,1H3,(H,23,27)(H,29,30)(H2,19,20,22)/t11?,16-/m1/s1. The van der Waals surface area contributed by atoms with Crippen LogP contribution in [-0.2, 0) is 19.2 Å². The number of thioether (sulfide) groups is 2. The summed E-state index contributed by atoms with van der Waals surface area (Å²) in [6.45, 7) is 1.88. The molecule has 2 aromatic heterocycles. The van der Waals surface area contributed by atoms with E-state index in [2.05, 4.69) is 30.6 Å². The molecule has 2 amide bonds. The molecule has 0 bridgehead atoms. The normalized spacial score (nSPS) is 20.0. The van der Waals surface area contributed by atoms with Gasteiger partial charge in [-0.1, -0.05) is 28.3 Å². The largest absolute Gasteiger partial charge is 0.477 e. The van der Waals surface area contributed by atoms with E-state index in [-0.39, 0.29) is 29.7 Å². The second kappa shape index (κ2) is 10.4. The molecule has 13 nitrogen and oxygen atoms in total. The van der Waals surface area contributed by atoms with Gasteiger partial charge < -0.3 is 21.0 Å². The molecule has 0 spiro atoms. The molecule has 0 aromatic carbocycles. The van der Waals surface area contributed by atoms with Crippen molar-refractivity contribution in [2.45, 2.75) is 22.7 Å². The number of nitrogens with two attached hydrogens (primary N) is 1. The molecule has 0 aliphatic carbocycles. The lowest BCUT2D eigenvalue weighted by atomic mass is 10.0. The summed E-state index contributed by atoms with van der Waals surface area (Å²) < 4.78 is 0.703. The van der Waals surface area contributed by atoms with Gasteiger partial charge in [-0.15, -0.1) is 22.0 Å². The van der Waals surface area contributed by atoms with Crippen LogP contribution in [-0.4, -0.2) is 83.2 Å². The van der Waals surface area contributed by atoms with Crippen LogP contribution in [0.3, 0.4) is 0 Å². The summed E-state index contributed by atoms with van der Waals surface area (Å²) in [5.41, 5.74) is 7.54. The molecule has 0 radical (unpaired) electrons. The molecule has 2 atom stereocenters. The molecular weight excluding hydrogens is 504 g/mol. The number of anilines is 1. The molecule has 178 valence electrons. The molecule has 2 aromatic rings. The van der Waals surface area contributed by atoms with Crippen molar-refractivity contribution in [1.29, 1.82) is 0 Å². The first-order valence-electron chi connectivity index (χ1n) is 9.79. The number of nitrogens with one attached hydrogen (secondary N) is 1. The van der Waals surface area contributed by atoms with Crippen LogP contribution in [0.2, 0.25) is 0 Å². The van der Waals surface area contributed by atoms with Crippen LogP contribution >= 0.6 is 34.9 Å². The zero-order chi connectivity index (χ0) is 24.2. The summed E-state index contributed by atoms with van der Waals surface area (Å²) in [4.78, 5) is 52.0. The second-order valence-corrected chi connectivity index (χ2v) is 9.94. The SMILES string of the molecule is CCON=C(C(=O)NC1C(=O)N2C(C(=O)O)=C(CSc3nncs3)CS[C@H]12)c1nccc(N)n1. The fraction of sp³-hybridized carbons (Fsp3) is 0.333. The van der Waals surface area contributed by atoms with Gasteiger partial charge in [-0.25, -0.2) is 14.8 Å². The van der Waals surface area contributed by atoms with Crippen molar-refractivity contribution in [3.63, 3.8) is 0 Å². The predicted molar refractivity (Wildman–Crippen MR) is 125 cm³/mol. The Balaban J connectivity index is 1.50. The molecule has 1 fully saturated rings. The molecule has 4 heterocycles. The highest BCUT2D eigenvalue weighted by atomic mass is 32.2. The molecule has 1 saturated heterocycles. The van der Waals surface area contributed by atoms with Gasteiger partial charge in [0, 0.05) is 17.7 Å². The van der Waals surface area contributed by atoms with Crippen LogP contribution in [0.15, 0.2) is 38.5 Å². The lowest BCUT2D eigenvalue weighted by molar-refractivity contribution is -0.150. The average Bonchev–Trinajstić information content (AvgIpc) is 3.34. The zero-order valence-electron chi connectivity index (χ0n) is 17.6. The number of amides is 2. The number of carbonyl (C=O) groups is 3. The number of nitrogen functional groups attached to an aromatic ring is 1. The lowest BCUT2D eigenvalue weighted by Gasteiger charge is -2.49. The number of nitrogens with zero attached hydrogens (tertiary/aromatic N) is 6. The Morgan fingerprint density at radius 2 is 2.29 bits per heavy atom. The average molecular weight is 523 g/mol. The molecule has 2 aliphatic heterocycles. The Kier molecular flexibility index (Phi) is 7.28. The zero-order valence-corrected chi connectivity index (χ0v) is 20.0. The number of carboxylic acids is 1. The summed E-state index contributed by atoms with van der Waals surface area (Å²) in [6, 6.07) is 0.504. The van der Waals surface area contributed by atoms with Crippen LogP contribution in [0.1, 0.15) is 12.7 Å². The van der Waals surface area contributed by atoms with Gasteiger partial charge in [0.1, 0.15) is 35.0 Å². The van der Waals surface area contributed by atoms with Gasteiger partial charge in [-0.2, -0.15) is 0 Å². The van der Waals surface area contributed by atoms with Crippen molar-refractivity contribution in [3.8, 4) is 0 Å². The number of oxime groups is 1. The Morgan fingerprint density at radius 3 is 2.97 bits per heavy atom. The molecule has 4 rings (SSSR count). The Bertz CT molecular complexity index is 1170. The van der Waals surface area contributed by atoms with E-state index in [9.17, 15) is 19.5 Å². The minimum atomic E-state index is -1.21. The van der Waals surface area contributed by atoms with Gasteiger partial charge >= 0.3 is 5.97 Å². The van der Waals surface area contributed by atoms with E-state index in [1.165, 1.54) is 52.0 Å². The summed E-state index contributed by atoms with van der Waals surface area (Å²) >= 11 is 4.06.